The summed E-state index contributed by atoms with van der Waals surface area (Å²) in [6.45, 7) is 8.15. The SMILES string of the molecule is COc1cc2c(cc1OC)C(C1=Cc3cc(O)c(O)cc3OC1(C)C)CC(C)(C)O2. The summed E-state index contributed by atoms with van der Waals surface area (Å²) in [5.74, 6) is 2.18. The van der Waals surface area contributed by atoms with E-state index in [4.69, 9.17) is 18.9 Å². The summed E-state index contributed by atoms with van der Waals surface area (Å²) in [5, 5.41) is 19.9. The maximum atomic E-state index is 9.98. The van der Waals surface area contributed by atoms with Crippen molar-refractivity contribution in [3.8, 4) is 34.5 Å². The van der Waals surface area contributed by atoms with Gasteiger partial charge in [0.1, 0.15) is 22.7 Å². The molecule has 160 valence electrons. The van der Waals surface area contributed by atoms with Gasteiger partial charge in [-0.15, -0.1) is 0 Å². The van der Waals surface area contributed by atoms with E-state index in [9.17, 15) is 10.2 Å². The fraction of sp³-hybridized carbons (Fsp3) is 0.417. The molecule has 0 fully saturated rings. The minimum Gasteiger partial charge on any atom is -0.504 e. The lowest BCUT2D eigenvalue weighted by atomic mass is 9.73. The van der Waals surface area contributed by atoms with E-state index in [1.807, 2.05) is 32.1 Å². The molecule has 0 aliphatic carbocycles. The molecule has 2 aromatic rings. The smallest absolute Gasteiger partial charge is 0.164 e. The van der Waals surface area contributed by atoms with Crippen LogP contribution in [0.25, 0.3) is 6.08 Å². The van der Waals surface area contributed by atoms with Gasteiger partial charge in [0, 0.05) is 29.2 Å². The molecule has 0 saturated heterocycles. The third-order valence-electron chi connectivity index (χ3n) is 5.83. The number of ether oxygens (including phenoxy) is 4. The second-order valence-electron chi connectivity index (χ2n) is 8.95. The van der Waals surface area contributed by atoms with Crippen LogP contribution >= 0.6 is 0 Å². The first-order chi connectivity index (χ1) is 14.0. The molecule has 1 unspecified atom stereocenters. The molecule has 6 nitrogen and oxygen atoms in total. The predicted molar refractivity (Wildman–Crippen MR) is 114 cm³/mol. The molecule has 30 heavy (non-hydrogen) atoms. The molecular formula is C24H28O6. The largest absolute Gasteiger partial charge is 0.504 e. The van der Waals surface area contributed by atoms with Crippen LogP contribution < -0.4 is 18.9 Å². The predicted octanol–water partition coefficient (Wildman–Crippen LogP) is 5.01. The zero-order chi connectivity index (χ0) is 21.8. The summed E-state index contributed by atoms with van der Waals surface area (Å²) in [5.41, 5.74) is 1.77. The number of phenols is 2. The van der Waals surface area contributed by atoms with Gasteiger partial charge in [0.05, 0.1) is 14.2 Å². The van der Waals surface area contributed by atoms with E-state index in [0.717, 1.165) is 28.9 Å². The van der Waals surface area contributed by atoms with Crippen LogP contribution in [0.2, 0.25) is 0 Å². The number of aromatic hydroxyl groups is 2. The molecule has 6 heteroatoms. The van der Waals surface area contributed by atoms with Crippen LogP contribution in [0.3, 0.4) is 0 Å². The molecule has 0 aromatic heterocycles. The number of phenolic OH excluding ortho intramolecular Hbond substituents is 2. The zero-order valence-electron chi connectivity index (χ0n) is 18.2. The Labute approximate surface area is 176 Å². The molecule has 0 spiro atoms. The van der Waals surface area contributed by atoms with E-state index in [1.165, 1.54) is 12.1 Å². The maximum absolute atomic E-state index is 9.98. The molecule has 2 N–H and O–H groups in total. The monoisotopic (exact) mass is 412 g/mol. The molecule has 2 aliphatic rings. The Morgan fingerprint density at radius 1 is 0.867 bits per heavy atom. The first-order valence-electron chi connectivity index (χ1n) is 9.96. The minimum absolute atomic E-state index is 0.00246. The summed E-state index contributed by atoms with van der Waals surface area (Å²) in [7, 11) is 3.22. The highest BCUT2D eigenvalue weighted by Crippen LogP contribution is 2.53. The lowest BCUT2D eigenvalue weighted by Crippen LogP contribution is -2.41. The van der Waals surface area contributed by atoms with Gasteiger partial charge in [0.2, 0.25) is 0 Å². The Morgan fingerprint density at radius 2 is 1.50 bits per heavy atom. The quantitative estimate of drug-likeness (QED) is 0.690. The van der Waals surface area contributed by atoms with Gasteiger partial charge >= 0.3 is 0 Å². The average Bonchev–Trinajstić information content (AvgIpc) is 2.66. The second kappa shape index (κ2) is 6.76. The normalized spacial score (nSPS) is 20.7. The molecule has 0 radical (unpaired) electrons. The molecule has 0 bridgehead atoms. The van der Waals surface area contributed by atoms with Crippen LogP contribution in [0.1, 0.15) is 51.2 Å². The lowest BCUT2D eigenvalue weighted by molar-refractivity contribution is 0.0660. The van der Waals surface area contributed by atoms with Crippen LogP contribution in [-0.2, 0) is 0 Å². The van der Waals surface area contributed by atoms with E-state index < -0.39 is 11.2 Å². The Kier molecular flexibility index (Phi) is 4.56. The van der Waals surface area contributed by atoms with Gasteiger partial charge in [-0.2, -0.15) is 0 Å². The topological polar surface area (TPSA) is 77.4 Å². The van der Waals surface area contributed by atoms with Crippen LogP contribution in [0, 0.1) is 0 Å². The third-order valence-corrected chi connectivity index (χ3v) is 5.83. The van der Waals surface area contributed by atoms with Crippen molar-refractivity contribution in [2.45, 2.75) is 51.2 Å². The number of rotatable bonds is 3. The van der Waals surface area contributed by atoms with Gasteiger partial charge in [-0.05, 0) is 57.9 Å². The van der Waals surface area contributed by atoms with E-state index in [2.05, 4.69) is 13.8 Å². The van der Waals surface area contributed by atoms with Crippen molar-refractivity contribution in [2.24, 2.45) is 0 Å². The zero-order valence-corrected chi connectivity index (χ0v) is 18.2. The third kappa shape index (κ3) is 3.30. The van der Waals surface area contributed by atoms with Crippen molar-refractivity contribution in [2.75, 3.05) is 14.2 Å². The van der Waals surface area contributed by atoms with Gasteiger partial charge in [0.25, 0.3) is 0 Å². The molecule has 4 rings (SSSR count). The number of methoxy groups -OCH3 is 2. The van der Waals surface area contributed by atoms with Crippen molar-refractivity contribution >= 4 is 6.08 Å². The van der Waals surface area contributed by atoms with Crippen molar-refractivity contribution in [1.29, 1.82) is 0 Å². The van der Waals surface area contributed by atoms with E-state index in [-0.39, 0.29) is 17.4 Å². The highest BCUT2D eigenvalue weighted by atomic mass is 16.5. The molecule has 0 amide bonds. The number of benzene rings is 2. The summed E-state index contributed by atoms with van der Waals surface area (Å²) < 4.78 is 23.5. The van der Waals surface area contributed by atoms with E-state index in [0.29, 0.717) is 17.2 Å². The Hall–Kier alpha value is -3.02. The summed E-state index contributed by atoms with van der Waals surface area (Å²) in [6.07, 6.45) is 2.79. The van der Waals surface area contributed by atoms with Gasteiger partial charge < -0.3 is 29.2 Å². The molecular weight excluding hydrogens is 384 g/mol. The maximum Gasteiger partial charge on any atom is 0.164 e. The Bertz CT molecular complexity index is 1030. The number of hydrogen-bond acceptors (Lipinski definition) is 6. The van der Waals surface area contributed by atoms with Gasteiger partial charge in [-0.1, -0.05) is 0 Å². The van der Waals surface area contributed by atoms with Crippen LogP contribution in [0.5, 0.6) is 34.5 Å². The highest BCUT2D eigenvalue weighted by molar-refractivity contribution is 5.70. The van der Waals surface area contributed by atoms with Crippen molar-refractivity contribution in [1.82, 2.24) is 0 Å². The summed E-state index contributed by atoms with van der Waals surface area (Å²) in [4.78, 5) is 0. The van der Waals surface area contributed by atoms with Crippen LogP contribution in [0.15, 0.2) is 29.8 Å². The Morgan fingerprint density at radius 3 is 2.17 bits per heavy atom. The van der Waals surface area contributed by atoms with Gasteiger partial charge in [-0.25, -0.2) is 0 Å². The van der Waals surface area contributed by atoms with Crippen LogP contribution in [0.4, 0.5) is 0 Å². The molecule has 0 saturated carbocycles. The first-order valence-corrected chi connectivity index (χ1v) is 9.96. The van der Waals surface area contributed by atoms with Gasteiger partial charge in [-0.3, -0.25) is 0 Å². The Balaban J connectivity index is 1.90. The molecule has 2 aromatic carbocycles. The second-order valence-corrected chi connectivity index (χ2v) is 8.95. The summed E-state index contributed by atoms with van der Waals surface area (Å²) in [6, 6.07) is 6.82. The highest BCUT2D eigenvalue weighted by Gasteiger charge is 2.43. The molecule has 1 atom stereocenters. The van der Waals surface area contributed by atoms with E-state index >= 15 is 0 Å². The fourth-order valence-electron chi connectivity index (χ4n) is 4.43. The standard InChI is InChI=1S/C24H28O6/c1-23(2)12-15(14-9-21(27-5)22(28-6)11-20(14)29-23)16-7-13-8-17(25)18(26)10-19(13)30-24(16,3)4/h7-11,15,25-26H,12H2,1-6H3. The van der Waals surface area contributed by atoms with Gasteiger partial charge in [0.15, 0.2) is 23.0 Å². The average molecular weight is 412 g/mol. The fourth-order valence-corrected chi connectivity index (χ4v) is 4.43. The number of fused-ring (bicyclic) bond motifs is 2. The number of hydrogen-bond donors (Lipinski definition) is 2. The first kappa shape index (κ1) is 20.3. The van der Waals surface area contributed by atoms with Crippen molar-refractivity contribution < 1.29 is 29.2 Å². The van der Waals surface area contributed by atoms with E-state index in [1.54, 1.807) is 14.2 Å². The van der Waals surface area contributed by atoms with Crippen molar-refractivity contribution in [3.05, 3.63) is 41.0 Å². The summed E-state index contributed by atoms with van der Waals surface area (Å²) >= 11 is 0. The van der Waals surface area contributed by atoms with Crippen molar-refractivity contribution in [3.63, 3.8) is 0 Å². The minimum atomic E-state index is -0.626. The molecule has 2 aliphatic heterocycles. The lowest BCUT2D eigenvalue weighted by Gasteiger charge is -2.44. The van der Waals surface area contributed by atoms with Crippen LogP contribution in [-0.4, -0.2) is 35.6 Å². The molecule has 2 heterocycles.